The van der Waals surface area contributed by atoms with Gasteiger partial charge >= 0.3 is 12.0 Å². The van der Waals surface area contributed by atoms with Crippen LogP contribution in [-0.2, 0) is 4.79 Å². The first kappa shape index (κ1) is 16.4. The van der Waals surface area contributed by atoms with Crippen molar-refractivity contribution in [2.75, 3.05) is 25.5 Å². The van der Waals surface area contributed by atoms with E-state index in [0.29, 0.717) is 0 Å². The van der Waals surface area contributed by atoms with E-state index in [1.54, 1.807) is 6.92 Å². The van der Waals surface area contributed by atoms with Crippen molar-refractivity contribution in [3.05, 3.63) is 29.6 Å². The zero-order chi connectivity index (χ0) is 16.0. The number of nitrogens with zero attached hydrogens (tertiary/aromatic N) is 1. The molecule has 1 aromatic carbocycles. The molecule has 8 heteroatoms. The highest BCUT2D eigenvalue weighted by Gasteiger charge is 2.16. The summed E-state index contributed by atoms with van der Waals surface area (Å²) in [6.45, 7) is 1.85. The van der Waals surface area contributed by atoms with Gasteiger partial charge in [0.2, 0.25) is 5.91 Å². The Kier molecular flexibility index (Phi) is 5.65. The largest absolute Gasteiger partial charge is 0.478 e. The molecule has 0 saturated heterocycles. The Morgan fingerprint density at radius 3 is 2.48 bits per heavy atom. The standard InChI is InChI=1S/C13H16FN3O4/c1-3-17(7-11(18)15-2)13(21)16-8-4-5-9(12(19)20)10(14)6-8/h4-6H,3,7H2,1-2H3,(H,15,18)(H,16,21)(H,19,20). The third-order valence-corrected chi connectivity index (χ3v) is 2.73. The number of urea groups is 1. The predicted molar refractivity (Wildman–Crippen MR) is 73.7 cm³/mol. The fourth-order valence-corrected chi connectivity index (χ4v) is 1.55. The first-order chi connectivity index (χ1) is 9.88. The predicted octanol–water partition coefficient (Wildman–Crippen LogP) is 1.12. The lowest BCUT2D eigenvalue weighted by Crippen LogP contribution is -2.41. The average Bonchev–Trinajstić information content (AvgIpc) is 2.43. The second-order valence-electron chi connectivity index (χ2n) is 4.12. The van der Waals surface area contributed by atoms with Crippen LogP contribution in [0.5, 0.6) is 0 Å². The normalized spacial score (nSPS) is 9.86. The number of hydrogen-bond donors (Lipinski definition) is 3. The van der Waals surface area contributed by atoms with Crippen molar-refractivity contribution in [1.29, 1.82) is 0 Å². The number of carbonyl (C=O) groups excluding carboxylic acids is 2. The zero-order valence-electron chi connectivity index (χ0n) is 11.6. The monoisotopic (exact) mass is 297 g/mol. The maximum absolute atomic E-state index is 13.5. The van der Waals surface area contributed by atoms with Crippen LogP contribution >= 0.6 is 0 Å². The number of carboxylic acids is 1. The highest BCUT2D eigenvalue weighted by molar-refractivity contribution is 5.93. The summed E-state index contributed by atoms with van der Waals surface area (Å²) < 4.78 is 13.5. The zero-order valence-corrected chi connectivity index (χ0v) is 11.6. The minimum atomic E-state index is -1.39. The van der Waals surface area contributed by atoms with Crippen LogP contribution in [0.2, 0.25) is 0 Å². The van der Waals surface area contributed by atoms with E-state index in [9.17, 15) is 18.8 Å². The molecule has 21 heavy (non-hydrogen) atoms. The third kappa shape index (κ3) is 4.44. The molecule has 0 heterocycles. The number of carboxylic acid groups (broad SMARTS) is 1. The van der Waals surface area contributed by atoms with Crippen molar-refractivity contribution in [1.82, 2.24) is 10.2 Å². The minimum Gasteiger partial charge on any atom is -0.478 e. The fraction of sp³-hybridized carbons (Fsp3) is 0.308. The molecule has 0 atom stereocenters. The molecule has 0 saturated carbocycles. The topological polar surface area (TPSA) is 98.7 Å². The van der Waals surface area contributed by atoms with E-state index in [4.69, 9.17) is 5.11 Å². The Morgan fingerprint density at radius 1 is 1.33 bits per heavy atom. The van der Waals surface area contributed by atoms with Crippen LogP contribution in [0, 0.1) is 5.82 Å². The SMILES string of the molecule is CCN(CC(=O)NC)C(=O)Nc1ccc(C(=O)O)c(F)c1. The number of anilines is 1. The number of rotatable bonds is 5. The molecule has 3 amide bonds. The lowest BCUT2D eigenvalue weighted by atomic mass is 10.2. The molecule has 0 bridgehead atoms. The Morgan fingerprint density at radius 2 is 2.00 bits per heavy atom. The van der Waals surface area contributed by atoms with E-state index >= 15 is 0 Å². The molecule has 7 nitrogen and oxygen atoms in total. The number of benzene rings is 1. The number of aromatic carboxylic acids is 1. The average molecular weight is 297 g/mol. The summed E-state index contributed by atoms with van der Waals surface area (Å²) >= 11 is 0. The third-order valence-electron chi connectivity index (χ3n) is 2.73. The van der Waals surface area contributed by atoms with Gasteiger partial charge in [0.15, 0.2) is 0 Å². The van der Waals surface area contributed by atoms with Crippen molar-refractivity contribution in [2.45, 2.75) is 6.92 Å². The van der Waals surface area contributed by atoms with E-state index < -0.39 is 23.4 Å². The molecule has 0 aliphatic carbocycles. The molecule has 0 fully saturated rings. The highest BCUT2D eigenvalue weighted by atomic mass is 19.1. The first-order valence-corrected chi connectivity index (χ1v) is 6.18. The van der Waals surface area contributed by atoms with Gasteiger partial charge in [-0.3, -0.25) is 4.79 Å². The number of halogens is 1. The van der Waals surface area contributed by atoms with Crippen LogP contribution in [-0.4, -0.2) is 48.1 Å². The fourth-order valence-electron chi connectivity index (χ4n) is 1.55. The lowest BCUT2D eigenvalue weighted by Gasteiger charge is -2.20. The van der Waals surface area contributed by atoms with Crippen molar-refractivity contribution < 1.29 is 23.9 Å². The maximum Gasteiger partial charge on any atom is 0.338 e. The van der Waals surface area contributed by atoms with Crippen LogP contribution in [0.15, 0.2) is 18.2 Å². The van der Waals surface area contributed by atoms with Gasteiger partial charge in [-0.15, -0.1) is 0 Å². The molecule has 3 N–H and O–H groups in total. The van der Waals surface area contributed by atoms with Gasteiger partial charge in [-0.25, -0.2) is 14.0 Å². The van der Waals surface area contributed by atoms with Gasteiger partial charge in [0.1, 0.15) is 12.4 Å². The molecule has 0 aromatic heterocycles. The molecular formula is C13H16FN3O4. The summed E-state index contributed by atoms with van der Waals surface area (Å²) in [6.07, 6.45) is 0. The van der Waals surface area contributed by atoms with E-state index in [1.165, 1.54) is 18.0 Å². The van der Waals surface area contributed by atoms with Gasteiger partial charge in [0.25, 0.3) is 0 Å². The Hall–Kier alpha value is -2.64. The number of hydrogen-bond acceptors (Lipinski definition) is 3. The van der Waals surface area contributed by atoms with Crippen LogP contribution < -0.4 is 10.6 Å². The van der Waals surface area contributed by atoms with Crippen LogP contribution in [0.1, 0.15) is 17.3 Å². The number of amides is 3. The Labute approximate surface area is 120 Å². The Balaban J connectivity index is 2.80. The maximum atomic E-state index is 13.5. The van der Waals surface area contributed by atoms with Gasteiger partial charge in [0, 0.05) is 19.3 Å². The summed E-state index contributed by atoms with van der Waals surface area (Å²) in [6, 6.07) is 2.67. The lowest BCUT2D eigenvalue weighted by molar-refractivity contribution is -0.121. The van der Waals surface area contributed by atoms with Crippen LogP contribution in [0.3, 0.4) is 0 Å². The number of carbonyl (C=O) groups is 3. The molecule has 0 aliphatic rings. The molecule has 0 spiro atoms. The summed E-state index contributed by atoms with van der Waals surface area (Å²) in [4.78, 5) is 35.1. The van der Waals surface area contributed by atoms with Gasteiger partial charge < -0.3 is 20.6 Å². The van der Waals surface area contributed by atoms with Gasteiger partial charge in [-0.1, -0.05) is 0 Å². The smallest absolute Gasteiger partial charge is 0.338 e. The second kappa shape index (κ2) is 7.22. The quantitative estimate of drug-likeness (QED) is 0.758. The van der Waals surface area contributed by atoms with Gasteiger partial charge in [0.05, 0.1) is 5.56 Å². The minimum absolute atomic E-state index is 0.109. The van der Waals surface area contributed by atoms with Crippen molar-refractivity contribution in [3.8, 4) is 0 Å². The van der Waals surface area contributed by atoms with E-state index in [0.717, 1.165) is 12.1 Å². The molecule has 0 unspecified atom stereocenters. The first-order valence-electron chi connectivity index (χ1n) is 6.18. The van der Waals surface area contributed by atoms with Crippen molar-refractivity contribution in [2.24, 2.45) is 0 Å². The summed E-state index contributed by atoms with van der Waals surface area (Å²) in [5.41, 5.74) is -0.372. The molecule has 1 rings (SSSR count). The summed E-state index contributed by atoms with van der Waals surface area (Å²) in [7, 11) is 1.45. The van der Waals surface area contributed by atoms with E-state index in [2.05, 4.69) is 10.6 Å². The van der Waals surface area contributed by atoms with E-state index in [-0.39, 0.29) is 24.7 Å². The van der Waals surface area contributed by atoms with Gasteiger partial charge in [-0.05, 0) is 25.1 Å². The Bertz CT molecular complexity index is 562. The number of nitrogens with one attached hydrogen (secondary N) is 2. The summed E-state index contributed by atoms with van der Waals surface area (Å²) in [5, 5.41) is 13.5. The molecule has 0 radical (unpaired) electrons. The molecular weight excluding hydrogens is 281 g/mol. The highest BCUT2D eigenvalue weighted by Crippen LogP contribution is 2.15. The summed E-state index contributed by atoms with van der Waals surface area (Å²) in [5.74, 6) is -2.67. The second-order valence-corrected chi connectivity index (χ2v) is 4.12. The molecule has 0 aliphatic heterocycles. The number of likely N-dealkylation sites (N-methyl/N-ethyl adjacent to an activating group) is 2. The van der Waals surface area contributed by atoms with Crippen molar-refractivity contribution >= 4 is 23.6 Å². The molecule has 114 valence electrons. The van der Waals surface area contributed by atoms with Gasteiger partial charge in [-0.2, -0.15) is 0 Å². The molecule has 1 aromatic rings. The van der Waals surface area contributed by atoms with E-state index in [1.807, 2.05) is 0 Å². The van der Waals surface area contributed by atoms with Crippen molar-refractivity contribution in [3.63, 3.8) is 0 Å². The van der Waals surface area contributed by atoms with Crippen LogP contribution in [0.25, 0.3) is 0 Å². The van der Waals surface area contributed by atoms with Crippen LogP contribution in [0.4, 0.5) is 14.9 Å².